The van der Waals surface area contributed by atoms with E-state index in [1.54, 1.807) is 0 Å². The average molecular weight is 499 g/mol. The van der Waals surface area contributed by atoms with Crippen LogP contribution in [0.5, 0.6) is 5.75 Å². The van der Waals surface area contributed by atoms with Crippen LogP contribution >= 0.6 is 46.4 Å². The zero-order valence-corrected chi connectivity index (χ0v) is 18.1. The lowest BCUT2D eigenvalue weighted by Gasteiger charge is -2.15. The summed E-state index contributed by atoms with van der Waals surface area (Å²) in [6.07, 6.45) is 0. The Morgan fingerprint density at radius 3 is 1.97 bits per heavy atom. The predicted octanol–water partition coefficient (Wildman–Crippen LogP) is 6.46. The molecule has 0 fully saturated rings. The fraction of sp³-hybridized carbons (Fsp3) is 0. The zero-order chi connectivity index (χ0) is 22.4. The van der Waals surface area contributed by atoms with Gasteiger partial charge in [-0.25, -0.2) is 14.1 Å². The Morgan fingerprint density at radius 1 is 0.806 bits per heavy atom. The number of carbonyl (C=O) groups excluding carboxylic acids is 3. The molecular weight excluding hydrogens is 491 g/mol. The van der Waals surface area contributed by atoms with Crippen LogP contribution in [0.3, 0.4) is 0 Å². The summed E-state index contributed by atoms with van der Waals surface area (Å²) < 4.78 is 19.0. The van der Waals surface area contributed by atoms with E-state index >= 15 is 0 Å². The van der Waals surface area contributed by atoms with Crippen molar-refractivity contribution in [3.8, 4) is 5.75 Å². The second-order valence-electron chi connectivity index (χ2n) is 6.32. The van der Waals surface area contributed by atoms with Gasteiger partial charge < -0.3 is 4.74 Å². The lowest BCUT2D eigenvalue weighted by atomic mass is 10.1. The maximum Gasteiger partial charge on any atom is 0.346 e. The number of hydrogen-bond acceptors (Lipinski definition) is 4. The van der Waals surface area contributed by atoms with Gasteiger partial charge in [0.1, 0.15) is 11.6 Å². The van der Waals surface area contributed by atoms with Crippen molar-refractivity contribution in [3.05, 3.63) is 91.1 Å². The number of halogens is 5. The Balaban J connectivity index is 1.70. The van der Waals surface area contributed by atoms with Crippen molar-refractivity contribution in [2.45, 2.75) is 0 Å². The normalized spacial score (nSPS) is 12.9. The van der Waals surface area contributed by atoms with E-state index in [1.807, 2.05) is 0 Å². The molecule has 5 nitrogen and oxygen atoms in total. The van der Waals surface area contributed by atoms with Gasteiger partial charge in [-0.05, 0) is 24.3 Å². The first kappa shape index (κ1) is 21.6. The van der Waals surface area contributed by atoms with Gasteiger partial charge in [-0.1, -0.05) is 64.6 Å². The second kappa shape index (κ2) is 8.13. The van der Waals surface area contributed by atoms with Gasteiger partial charge in [-0.15, -0.1) is 0 Å². The molecule has 0 aliphatic carbocycles. The first-order valence-corrected chi connectivity index (χ1v) is 10.0. The van der Waals surface area contributed by atoms with Gasteiger partial charge >= 0.3 is 5.97 Å². The highest BCUT2D eigenvalue weighted by Gasteiger charge is 2.42. The van der Waals surface area contributed by atoms with Crippen LogP contribution in [0, 0.1) is 5.82 Å². The summed E-state index contributed by atoms with van der Waals surface area (Å²) >= 11 is 24.3. The summed E-state index contributed by atoms with van der Waals surface area (Å²) in [6, 6.07) is 10.9. The lowest BCUT2D eigenvalue weighted by molar-refractivity contribution is 0.0729. The minimum atomic E-state index is -0.942. The number of benzene rings is 3. The summed E-state index contributed by atoms with van der Waals surface area (Å²) in [6.45, 7) is 0. The van der Waals surface area contributed by atoms with E-state index in [-0.39, 0.29) is 48.2 Å². The minimum Gasteiger partial charge on any atom is -0.423 e. The summed E-state index contributed by atoms with van der Waals surface area (Å²) in [5, 5.41) is -0.701. The Hall–Kier alpha value is -2.64. The van der Waals surface area contributed by atoms with Crippen LogP contribution in [0.15, 0.2) is 48.5 Å². The first-order valence-electron chi connectivity index (χ1n) is 8.54. The molecule has 0 N–H and O–H groups in total. The molecule has 0 bridgehead atoms. The molecule has 1 heterocycles. The van der Waals surface area contributed by atoms with Crippen molar-refractivity contribution in [1.29, 1.82) is 0 Å². The number of hydrogen-bond donors (Lipinski definition) is 0. The summed E-state index contributed by atoms with van der Waals surface area (Å²) in [4.78, 5) is 39.0. The molecule has 0 unspecified atom stereocenters. The monoisotopic (exact) mass is 497 g/mol. The third kappa shape index (κ3) is 3.55. The number of amides is 2. The van der Waals surface area contributed by atoms with Crippen LogP contribution in [0.1, 0.15) is 31.1 Å². The molecule has 0 atom stereocenters. The molecule has 156 valence electrons. The fourth-order valence-corrected chi connectivity index (χ4v) is 4.07. The maximum atomic E-state index is 13.8. The zero-order valence-electron chi connectivity index (χ0n) is 15.1. The lowest BCUT2D eigenvalue weighted by Crippen LogP contribution is -2.29. The number of fused-ring (bicyclic) bond motifs is 1. The number of anilines is 1. The van der Waals surface area contributed by atoms with E-state index in [9.17, 15) is 18.8 Å². The summed E-state index contributed by atoms with van der Waals surface area (Å²) in [7, 11) is 0. The molecule has 1 aliphatic rings. The first-order chi connectivity index (χ1) is 14.7. The third-order valence-corrected chi connectivity index (χ3v) is 6.28. The van der Waals surface area contributed by atoms with Crippen molar-refractivity contribution in [1.82, 2.24) is 0 Å². The SMILES string of the molecule is O=C(Oc1cccc(N2C(=O)c3c(Cl)c(Cl)c(Cl)c(Cl)c3C2=O)c1)c1ccccc1F. The molecule has 0 aromatic heterocycles. The average Bonchev–Trinajstić information content (AvgIpc) is 3.01. The summed E-state index contributed by atoms with van der Waals surface area (Å²) in [5.41, 5.74) is -0.555. The quantitative estimate of drug-likeness (QED) is 0.137. The Bertz CT molecular complexity index is 1250. The molecule has 10 heteroatoms. The topological polar surface area (TPSA) is 63.7 Å². The standard InChI is InChI=1S/C21H8Cl4FNO4/c22-15-13-14(16(23)18(25)17(15)24)20(29)27(19(13)28)9-4-3-5-10(8-9)31-21(30)11-6-1-2-7-12(11)26/h1-8H. The number of carbonyl (C=O) groups is 3. The molecule has 0 saturated heterocycles. The molecule has 0 spiro atoms. The molecule has 3 aromatic carbocycles. The highest BCUT2D eigenvalue weighted by Crippen LogP contribution is 2.45. The van der Waals surface area contributed by atoms with Gasteiger partial charge in [0.25, 0.3) is 11.8 Å². The maximum absolute atomic E-state index is 13.8. The highest BCUT2D eigenvalue weighted by molar-refractivity contribution is 6.56. The Labute approximate surface area is 194 Å². The highest BCUT2D eigenvalue weighted by atomic mass is 35.5. The number of nitrogens with zero attached hydrogens (tertiary/aromatic N) is 1. The molecule has 0 saturated carbocycles. The van der Waals surface area contributed by atoms with E-state index in [0.717, 1.165) is 11.0 Å². The molecule has 1 aliphatic heterocycles. The molecule has 2 amide bonds. The largest absolute Gasteiger partial charge is 0.423 e. The molecule has 4 rings (SSSR count). The Kier molecular flexibility index (Phi) is 5.66. The molecule has 0 radical (unpaired) electrons. The van der Waals surface area contributed by atoms with Crippen molar-refractivity contribution in [2.75, 3.05) is 4.90 Å². The second-order valence-corrected chi connectivity index (χ2v) is 7.83. The van der Waals surface area contributed by atoms with Crippen LogP contribution in [-0.2, 0) is 0 Å². The Morgan fingerprint density at radius 2 is 1.39 bits per heavy atom. The van der Waals surface area contributed by atoms with Crippen LogP contribution < -0.4 is 9.64 Å². The third-order valence-electron chi connectivity index (χ3n) is 4.48. The van der Waals surface area contributed by atoms with E-state index in [0.29, 0.717) is 0 Å². The van der Waals surface area contributed by atoms with Crippen molar-refractivity contribution >= 4 is 69.9 Å². The van der Waals surface area contributed by atoms with E-state index < -0.39 is 23.6 Å². The summed E-state index contributed by atoms with van der Waals surface area (Å²) in [5.74, 6) is -3.26. The minimum absolute atomic E-state index is 0.0180. The van der Waals surface area contributed by atoms with E-state index in [4.69, 9.17) is 51.1 Å². The number of ether oxygens (including phenoxy) is 1. The van der Waals surface area contributed by atoms with Crippen LogP contribution in [0.4, 0.5) is 10.1 Å². The smallest absolute Gasteiger partial charge is 0.346 e. The van der Waals surface area contributed by atoms with Crippen molar-refractivity contribution in [3.63, 3.8) is 0 Å². The van der Waals surface area contributed by atoms with E-state index in [2.05, 4.69) is 0 Å². The predicted molar refractivity (Wildman–Crippen MR) is 115 cm³/mol. The fourth-order valence-electron chi connectivity index (χ4n) is 3.06. The van der Waals surface area contributed by atoms with Gasteiger partial charge in [0, 0.05) is 6.07 Å². The van der Waals surface area contributed by atoms with Gasteiger partial charge in [0.15, 0.2) is 0 Å². The van der Waals surface area contributed by atoms with Crippen molar-refractivity contribution in [2.24, 2.45) is 0 Å². The van der Waals surface area contributed by atoms with Crippen LogP contribution in [0.25, 0.3) is 0 Å². The van der Waals surface area contributed by atoms with Gasteiger partial charge in [-0.3, -0.25) is 9.59 Å². The van der Waals surface area contributed by atoms with Gasteiger partial charge in [-0.2, -0.15) is 0 Å². The van der Waals surface area contributed by atoms with Gasteiger partial charge in [0.2, 0.25) is 0 Å². The van der Waals surface area contributed by atoms with E-state index in [1.165, 1.54) is 42.5 Å². The number of imide groups is 1. The van der Waals surface area contributed by atoms with Crippen LogP contribution in [-0.4, -0.2) is 17.8 Å². The number of esters is 1. The van der Waals surface area contributed by atoms with Crippen molar-refractivity contribution < 1.29 is 23.5 Å². The number of rotatable bonds is 3. The molecule has 31 heavy (non-hydrogen) atoms. The molecule has 3 aromatic rings. The van der Waals surface area contributed by atoms with Gasteiger partial charge in [0.05, 0.1) is 42.5 Å². The van der Waals surface area contributed by atoms with Crippen LogP contribution in [0.2, 0.25) is 20.1 Å². The molecular formula is C21H8Cl4FNO4.